The van der Waals surface area contributed by atoms with E-state index in [1.54, 1.807) is 0 Å². The van der Waals surface area contributed by atoms with Crippen LogP contribution in [0.3, 0.4) is 0 Å². The quantitative estimate of drug-likeness (QED) is 0.172. The first-order valence-electron chi connectivity index (χ1n) is 28.8. The van der Waals surface area contributed by atoms with E-state index < -0.39 is 5.41 Å². The third-order valence-corrected chi connectivity index (χ3v) is 19.8. The van der Waals surface area contributed by atoms with Gasteiger partial charge in [0.1, 0.15) is 22.3 Å². The van der Waals surface area contributed by atoms with Crippen LogP contribution in [0.5, 0.6) is 0 Å². The lowest BCUT2D eigenvalue weighted by atomic mass is 9.72. The van der Waals surface area contributed by atoms with E-state index in [1.807, 2.05) is 0 Å². The molecule has 0 atom stereocenters. The van der Waals surface area contributed by atoms with Gasteiger partial charge in [-0.3, -0.25) is 0 Å². The molecule has 0 aliphatic heterocycles. The van der Waals surface area contributed by atoms with Crippen LogP contribution in [0.4, 0.5) is 17.1 Å². The maximum atomic E-state index is 7.16. The lowest BCUT2D eigenvalue weighted by molar-refractivity contribution is 0.600. The van der Waals surface area contributed by atoms with Gasteiger partial charge in [-0.25, -0.2) is 0 Å². The summed E-state index contributed by atoms with van der Waals surface area (Å²) in [7, 11) is 0. The summed E-state index contributed by atoms with van der Waals surface area (Å²) in [6.07, 6.45) is 0. The molecule has 4 aliphatic rings. The molecule has 0 radical (unpaired) electrons. The first-order chi connectivity index (χ1) is 39.2. The standard InChI is InChI=1S/C78H59NO2/c1-75(2)58-38-39-65-67(53-27-16-19-32-63(53)80-65)66(58)56-43-61-55(42-62(56)75)50-36-34-46(40-59(50)76(61,3)4)79(73-48(44-22-11-9-12-23-44)29-21-30-49(73)45-24-13-10-14-25-45)47-35-37-52-60(41-47)78(7,8)72-70(52)74-69(54-28-17-20-33-64(54)81-74)68-51-26-15-18-31-57(51)77(5,6)71(68)72/h9-43H,1-8H3. The van der Waals surface area contributed by atoms with Gasteiger partial charge in [0.25, 0.3) is 0 Å². The largest absolute Gasteiger partial charge is 0.456 e. The highest BCUT2D eigenvalue weighted by Gasteiger charge is 2.49. The molecule has 0 N–H and O–H groups in total. The predicted molar refractivity (Wildman–Crippen MR) is 337 cm³/mol. The number of hydrogen-bond donors (Lipinski definition) is 0. The molecule has 0 fully saturated rings. The minimum absolute atomic E-state index is 0.206. The Morgan fingerprint density at radius 2 is 0.790 bits per heavy atom. The minimum Gasteiger partial charge on any atom is -0.456 e. The molecule has 0 amide bonds. The van der Waals surface area contributed by atoms with Crippen molar-refractivity contribution in [1.29, 1.82) is 0 Å². The fourth-order valence-corrected chi connectivity index (χ4v) is 15.9. The average Bonchev–Trinajstić information content (AvgIpc) is 4.12. The van der Waals surface area contributed by atoms with Crippen LogP contribution in [0, 0.1) is 0 Å². The zero-order valence-corrected chi connectivity index (χ0v) is 47.0. The van der Waals surface area contributed by atoms with Gasteiger partial charge in [0.15, 0.2) is 0 Å². The van der Waals surface area contributed by atoms with Crippen molar-refractivity contribution in [2.24, 2.45) is 0 Å². The average molecular weight is 1040 g/mol. The van der Waals surface area contributed by atoms with E-state index in [9.17, 15) is 0 Å². The summed E-state index contributed by atoms with van der Waals surface area (Å²) in [4.78, 5) is 2.59. The van der Waals surface area contributed by atoms with E-state index in [2.05, 4.69) is 273 Å². The Hall–Kier alpha value is -9.18. The van der Waals surface area contributed by atoms with E-state index in [1.165, 1.54) is 133 Å². The second-order valence-electron chi connectivity index (χ2n) is 25.5. The van der Waals surface area contributed by atoms with Gasteiger partial charge in [0.2, 0.25) is 0 Å². The Morgan fingerprint density at radius 1 is 0.296 bits per heavy atom. The molecule has 0 saturated heterocycles. The highest BCUT2D eigenvalue weighted by Crippen LogP contribution is 2.65. The smallest absolute Gasteiger partial charge is 0.144 e. The third-order valence-electron chi connectivity index (χ3n) is 19.8. The summed E-state index contributed by atoms with van der Waals surface area (Å²) in [6.45, 7) is 19.5. The summed E-state index contributed by atoms with van der Waals surface area (Å²) in [5, 5.41) is 4.78. The number of fused-ring (bicyclic) bond motifs is 22. The van der Waals surface area contributed by atoms with Gasteiger partial charge in [-0.1, -0.05) is 213 Å². The van der Waals surface area contributed by atoms with Crippen LogP contribution in [0.25, 0.3) is 111 Å². The number of rotatable bonds is 5. The number of anilines is 3. The maximum absolute atomic E-state index is 7.16. The van der Waals surface area contributed by atoms with E-state index in [-0.39, 0.29) is 16.2 Å². The van der Waals surface area contributed by atoms with E-state index >= 15 is 0 Å². The number of benzene rings is 11. The first kappa shape index (κ1) is 46.7. The molecule has 0 unspecified atom stereocenters. The van der Waals surface area contributed by atoms with Crippen LogP contribution in [0.2, 0.25) is 0 Å². The third kappa shape index (κ3) is 5.98. The molecular weight excluding hydrogens is 983 g/mol. The Labute approximate surface area is 472 Å². The van der Waals surface area contributed by atoms with Crippen LogP contribution >= 0.6 is 0 Å². The van der Waals surface area contributed by atoms with Crippen molar-refractivity contribution in [2.75, 3.05) is 4.90 Å². The molecule has 0 saturated carbocycles. The Bertz CT molecular complexity index is 4870. The van der Waals surface area contributed by atoms with Gasteiger partial charge in [-0.05, 0) is 149 Å². The van der Waals surface area contributed by atoms with Crippen molar-refractivity contribution < 1.29 is 8.83 Å². The van der Waals surface area contributed by atoms with Crippen LogP contribution in [0.1, 0.15) is 99.9 Å². The molecule has 4 aliphatic carbocycles. The summed E-state index contributed by atoms with van der Waals surface area (Å²) >= 11 is 0. The molecule has 3 heteroatoms. The Balaban J connectivity index is 0.907. The molecule has 11 aromatic carbocycles. The number of hydrogen-bond acceptors (Lipinski definition) is 3. The van der Waals surface area contributed by atoms with Gasteiger partial charge in [-0.15, -0.1) is 0 Å². The van der Waals surface area contributed by atoms with Gasteiger partial charge in [0, 0.05) is 71.3 Å². The lowest BCUT2D eigenvalue weighted by Gasteiger charge is -2.33. The second-order valence-corrected chi connectivity index (χ2v) is 25.5. The Kier molecular flexibility index (Phi) is 9.11. The monoisotopic (exact) mass is 1040 g/mol. The number of nitrogens with zero attached hydrogens (tertiary/aromatic N) is 1. The topological polar surface area (TPSA) is 29.5 Å². The summed E-state index contributed by atoms with van der Waals surface area (Å²) in [6, 6.07) is 79.3. The van der Waals surface area contributed by atoms with E-state index in [0.29, 0.717) is 0 Å². The molecule has 2 aromatic heterocycles. The van der Waals surface area contributed by atoms with Gasteiger partial charge in [-0.2, -0.15) is 0 Å². The van der Waals surface area contributed by atoms with Crippen molar-refractivity contribution >= 4 is 60.9 Å². The summed E-state index contributed by atoms with van der Waals surface area (Å²) in [5.41, 5.74) is 31.8. The minimum atomic E-state index is -0.396. The first-order valence-corrected chi connectivity index (χ1v) is 28.8. The van der Waals surface area contributed by atoms with Crippen LogP contribution < -0.4 is 4.90 Å². The zero-order valence-electron chi connectivity index (χ0n) is 47.0. The Morgan fingerprint density at radius 3 is 1.48 bits per heavy atom. The molecular formula is C78H59NO2. The van der Waals surface area contributed by atoms with Crippen molar-refractivity contribution in [3.05, 3.63) is 257 Å². The lowest BCUT2D eigenvalue weighted by Crippen LogP contribution is -2.24. The molecule has 13 aromatic rings. The van der Waals surface area contributed by atoms with Crippen LogP contribution in [0.15, 0.2) is 221 Å². The van der Waals surface area contributed by atoms with Crippen LogP contribution in [-0.2, 0) is 21.7 Å². The molecule has 388 valence electrons. The highest BCUT2D eigenvalue weighted by molar-refractivity contribution is 6.21. The maximum Gasteiger partial charge on any atom is 0.144 e. The fourth-order valence-electron chi connectivity index (χ4n) is 15.9. The normalized spacial score (nSPS) is 15.8. The molecule has 0 bridgehead atoms. The fraction of sp³-hybridized carbons (Fsp3) is 0.154. The van der Waals surface area contributed by atoms with Crippen molar-refractivity contribution in [3.8, 4) is 66.8 Å². The molecule has 3 nitrogen and oxygen atoms in total. The van der Waals surface area contributed by atoms with Gasteiger partial charge in [0.05, 0.1) is 5.69 Å². The molecule has 81 heavy (non-hydrogen) atoms. The van der Waals surface area contributed by atoms with Crippen molar-refractivity contribution in [1.82, 2.24) is 0 Å². The second kappa shape index (κ2) is 15.8. The molecule has 2 heterocycles. The molecule has 0 spiro atoms. The SMILES string of the molecule is CC1(C)c2cc(N(c3ccc4c(c3)C(C)(C)c3c5c(c6c(oc7ccccc76)c3-4)-c3ccccc3C5(C)C)c3c(-c4ccccc4)cccc3-c3ccccc3)ccc2-c2cc3c(cc21)-c1c(ccc2oc4ccccc4c12)C3(C)C. The predicted octanol–water partition coefficient (Wildman–Crippen LogP) is 21.5. The van der Waals surface area contributed by atoms with E-state index in [4.69, 9.17) is 8.83 Å². The summed E-state index contributed by atoms with van der Waals surface area (Å²) < 4.78 is 13.7. The zero-order chi connectivity index (χ0) is 54.6. The van der Waals surface area contributed by atoms with Gasteiger partial charge >= 0.3 is 0 Å². The number of para-hydroxylation sites is 3. The van der Waals surface area contributed by atoms with Crippen molar-refractivity contribution in [2.45, 2.75) is 77.0 Å². The highest BCUT2D eigenvalue weighted by atomic mass is 16.3. The summed E-state index contributed by atoms with van der Waals surface area (Å²) in [5.74, 6) is 0. The molecule has 17 rings (SSSR count). The van der Waals surface area contributed by atoms with Crippen LogP contribution in [-0.4, -0.2) is 0 Å². The van der Waals surface area contributed by atoms with Gasteiger partial charge < -0.3 is 13.7 Å². The van der Waals surface area contributed by atoms with Crippen molar-refractivity contribution in [3.63, 3.8) is 0 Å². The number of furan rings is 2. The van der Waals surface area contributed by atoms with E-state index in [0.717, 1.165) is 39.4 Å².